The number of hydrogen-bond acceptors (Lipinski definition) is 6. The molecule has 4 N–H and O–H groups in total. The summed E-state index contributed by atoms with van der Waals surface area (Å²) in [5, 5.41) is 9.44. The molecule has 0 bridgehead atoms. The number of anilines is 1. The molecular weight excluding hydrogens is 230 g/mol. The van der Waals surface area contributed by atoms with Gasteiger partial charge in [-0.1, -0.05) is 12.8 Å². The molecule has 18 heavy (non-hydrogen) atoms. The Labute approximate surface area is 107 Å². The minimum absolute atomic E-state index is 0.218. The van der Waals surface area contributed by atoms with Crippen LogP contribution in [0.3, 0.4) is 0 Å². The van der Waals surface area contributed by atoms with Gasteiger partial charge in [-0.3, -0.25) is 9.88 Å². The smallest absolute Gasteiger partial charge is 0.158 e. The second-order valence-electron chi connectivity index (χ2n) is 4.69. The number of aromatic nitrogens is 2. The summed E-state index contributed by atoms with van der Waals surface area (Å²) < 4.78 is 0. The van der Waals surface area contributed by atoms with E-state index in [4.69, 9.17) is 5.84 Å². The molecule has 2 rings (SSSR count). The number of nitrogens with one attached hydrogen (secondary N) is 1. The van der Waals surface area contributed by atoms with Gasteiger partial charge in [0.25, 0.3) is 0 Å². The number of hydrogen-bond donors (Lipinski definition) is 3. The topological polar surface area (TPSA) is 87.3 Å². The maximum absolute atomic E-state index is 9.44. The monoisotopic (exact) mass is 251 g/mol. The predicted octanol–water partition coefficient (Wildman–Crippen LogP) is 0.499. The molecule has 1 unspecified atom stereocenters. The Morgan fingerprint density at radius 3 is 2.89 bits per heavy atom. The van der Waals surface area contributed by atoms with E-state index in [9.17, 15) is 5.11 Å². The third-order valence-corrected chi connectivity index (χ3v) is 3.43. The van der Waals surface area contributed by atoms with Gasteiger partial charge >= 0.3 is 0 Å². The molecular formula is C12H21N5O. The summed E-state index contributed by atoms with van der Waals surface area (Å²) in [7, 11) is 0. The van der Waals surface area contributed by atoms with Crippen LogP contribution in [0.2, 0.25) is 0 Å². The van der Waals surface area contributed by atoms with Crippen molar-refractivity contribution in [3.63, 3.8) is 0 Å². The lowest BCUT2D eigenvalue weighted by molar-refractivity contribution is 0.117. The second-order valence-corrected chi connectivity index (χ2v) is 4.69. The first-order valence-corrected chi connectivity index (χ1v) is 6.46. The first-order valence-electron chi connectivity index (χ1n) is 6.46. The molecule has 0 aliphatic carbocycles. The number of hydrazine groups is 1. The molecule has 0 spiro atoms. The zero-order valence-corrected chi connectivity index (χ0v) is 10.5. The third-order valence-electron chi connectivity index (χ3n) is 3.43. The minimum atomic E-state index is 0.218. The largest absolute Gasteiger partial charge is 0.395 e. The zero-order chi connectivity index (χ0) is 12.8. The lowest BCUT2D eigenvalue weighted by Crippen LogP contribution is -2.37. The first kappa shape index (κ1) is 13.2. The highest BCUT2D eigenvalue weighted by Gasteiger charge is 2.20. The van der Waals surface area contributed by atoms with Gasteiger partial charge in [0, 0.05) is 12.6 Å². The van der Waals surface area contributed by atoms with E-state index in [1.54, 1.807) is 12.4 Å². The molecule has 6 nitrogen and oxygen atoms in total. The quantitative estimate of drug-likeness (QED) is 0.533. The van der Waals surface area contributed by atoms with Crippen LogP contribution in [0.1, 0.15) is 31.4 Å². The average Bonchev–Trinajstić information content (AvgIpc) is 2.64. The maximum Gasteiger partial charge on any atom is 0.158 e. The van der Waals surface area contributed by atoms with Gasteiger partial charge < -0.3 is 10.5 Å². The van der Waals surface area contributed by atoms with Gasteiger partial charge in [-0.15, -0.1) is 0 Å². The number of rotatable bonds is 4. The zero-order valence-electron chi connectivity index (χ0n) is 10.5. The molecule has 1 aromatic heterocycles. The van der Waals surface area contributed by atoms with Crippen LogP contribution in [-0.2, 0) is 6.54 Å². The van der Waals surface area contributed by atoms with Crippen molar-refractivity contribution in [2.75, 3.05) is 18.6 Å². The van der Waals surface area contributed by atoms with Gasteiger partial charge in [-0.25, -0.2) is 10.8 Å². The van der Waals surface area contributed by atoms with Crippen molar-refractivity contribution in [2.45, 2.75) is 38.3 Å². The summed E-state index contributed by atoms with van der Waals surface area (Å²) in [6.07, 6.45) is 8.05. The summed E-state index contributed by atoms with van der Waals surface area (Å²) in [6, 6.07) is 0.251. The number of aliphatic hydroxyl groups excluding tert-OH is 1. The number of nitrogens with zero attached hydrogens (tertiary/aromatic N) is 3. The highest BCUT2D eigenvalue weighted by atomic mass is 16.3. The Morgan fingerprint density at radius 2 is 2.22 bits per heavy atom. The van der Waals surface area contributed by atoms with Gasteiger partial charge in [0.2, 0.25) is 0 Å². The molecule has 1 atom stereocenters. The molecule has 2 heterocycles. The molecule has 6 heteroatoms. The molecule has 1 aromatic rings. The van der Waals surface area contributed by atoms with Crippen LogP contribution >= 0.6 is 0 Å². The van der Waals surface area contributed by atoms with Gasteiger partial charge in [-0.05, 0) is 19.4 Å². The van der Waals surface area contributed by atoms with E-state index in [0.29, 0.717) is 5.82 Å². The maximum atomic E-state index is 9.44. The van der Waals surface area contributed by atoms with Crippen molar-refractivity contribution in [2.24, 2.45) is 5.84 Å². The van der Waals surface area contributed by atoms with Gasteiger partial charge in [0.15, 0.2) is 5.82 Å². The number of aliphatic hydroxyl groups is 1. The lowest BCUT2D eigenvalue weighted by atomic mass is 10.1. The van der Waals surface area contributed by atoms with Crippen LogP contribution in [-0.4, -0.2) is 39.2 Å². The molecule has 0 aromatic carbocycles. The molecule has 1 fully saturated rings. The number of likely N-dealkylation sites (tertiary alicyclic amines) is 1. The number of nitrogens with two attached hydrogens (primary N) is 1. The van der Waals surface area contributed by atoms with E-state index in [0.717, 1.165) is 25.2 Å². The standard InChI is InChI=1S/C12H21N5O/c13-16-12-7-14-10(6-15-12)8-17-5-3-1-2-4-11(17)9-18/h6-7,11,18H,1-5,8-9,13H2,(H,15,16). The van der Waals surface area contributed by atoms with E-state index in [1.165, 1.54) is 19.3 Å². The minimum Gasteiger partial charge on any atom is -0.395 e. The average molecular weight is 251 g/mol. The Balaban J connectivity index is 2.00. The van der Waals surface area contributed by atoms with E-state index in [-0.39, 0.29) is 12.6 Å². The van der Waals surface area contributed by atoms with Crippen molar-refractivity contribution in [1.82, 2.24) is 14.9 Å². The summed E-state index contributed by atoms with van der Waals surface area (Å²) >= 11 is 0. The highest BCUT2D eigenvalue weighted by molar-refractivity contribution is 5.28. The Hall–Kier alpha value is -1.24. The lowest BCUT2D eigenvalue weighted by Gasteiger charge is -2.27. The fraction of sp³-hybridized carbons (Fsp3) is 0.667. The second kappa shape index (κ2) is 6.63. The highest BCUT2D eigenvalue weighted by Crippen LogP contribution is 2.18. The summed E-state index contributed by atoms with van der Waals surface area (Å²) in [6.45, 7) is 1.97. The van der Waals surface area contributed by atoms with Gasteiger partial charge in [-0.2, -0.15) is 0 Å². The normalized spacial score (nSPS) is 21.6. The number of nitrogen functional groups attached to an aromatic ring is 1. The Morgan fingerprint density at radius 1 is 1.33 bits per heavy atom. The van der Waals surface area contributed by atoms with Crippen molar-refractivity contribution in [3.05, 3.63) is 18.1 Å². The Bertz CT molecular complexity index is 356. The van der Waals surface area contributed by atoms with E-state index in [1.807, 2.05) is 0 Å². The molecule has 1 aliphatic rings. The summed E-state index contributed by atoms with van der Waals surface area (Å²) in [5.74, 6) is 5.82. The van der Waals surface area contributed by atoms with Crippen LogP contribution in [0, 0.1) is 0 Å². The van der Waals surface area contributed by atoms with Gasteiger partial charge in [0.05, 0.1) is 24.7 Å². The SMILES string of the molecule is NNc1cnc(CN2CCCCCC2CO)cn1. The molecule has 100 valence electrons. The molecule has 0 saturated carbocycles. The Kier molecular flexibility index (Phi) is 4.86. The van der Waals surface area contributed by atoms with E-state index < -0.39 is 0 Å². The van der Waals surface area contributed by atoms with Crippen LogP contribution in [0.25, 0.3) is 0 Å². The van der Waals surface area contributed by atoms with Crippen LogP contribution in [0.4, 0.5) is 5.82 Å². The van der Waals surface area contributed by atoms with E-state index >= 15 is 0 Å². The van der Waals surface area contributed by atoms with Crippen molar-refractivity contribution >= 4 is 5.82 Å². The molecule has 0 radical (unpaired) electrons. The molecule has 1 aliphatic heterocycles. The van der Waals surface area contributed by atoms with Crippen LogP contribution in [0.15, 0.2) is 12.4 Å². The van der Waals surface area contributed by atoms with Crippen molar-refractivity contribution in [3.8, 4) is 0 Å². The third kappa shape index (κ3) is 3.38. The fourth-order valence-corrected chi connectivity index (χ4v) is 2.37. The molecule has 1 saturated heterocycles. The molecule has 0 amide bonds. The first-order chi connectivity index (χ1) is 8.83. The van der Waals surface area contributed by atoms with E-state index in [2.05, 4.69) is 20.3 Å². The summed E-state index contributed by atoms with van der Waals surface area (Å²) in [4.78, 5) is 10.8. The van der Waals surface area contributed by atoms with Crippen LogP contribution < -0.4 is 11.3 Å². The predicted molar refractivity (Wildman–Crippen MR) is 69.6 cm³/mol. The van der Waals surface area contributed by atoms with Crippen molar-refractivity contribution < 1.29 is 5.11 Å². The van der Waals surface area contributed by atoms with Gasteiger partial charge in [0.1, 0.15) is 0 Å². The fourth-order valence-electron chi connectivity index (χ4n) is 2.37. The van der Waals surface area contributed by atoms with Crippen LogP contribution in [0.5, 0.6) is 0 Å². The summed E-state index contributed by atoms with van der Waals surface area (Å²) in [5.41, 5.74) is 3.37. The van der Waals surface area contributed by atoms with Crippen molar-refractivity contribution in [1.29, 1.82) is 0 Å².